The molecular formula is C15H15BiO7S. The van der Waals surface area contributed by atoms with Gasteiger partial charge >= 0.3 is 26.2 Å². The summed E-state index contributed by atoms with van der Waals surface area (Å²) in [6, 6.07) is 13.9. The number of aliphatic hydroxyl groups excluding tert-OH is 1. The molecule has 7 nitrogen and oxygen atoms in total. The SMILES string of the molecule is CCO.O=C([O-])c1cc(S(=O)(=O)[O-])ccc1[O-].[Bi+3].c1ccccc1. The molecule has 9 heteroatoms. The van der Waals surface area contributed by atoms with Gasteiger partial charge in [-0.1, -0.05) is 48.2 Å². The Bertz CT molecular complexity index is 676. The molecule has 0 bridgehead atoms. The van der Waals surface area contributed by atoms with Gasteiger partial charge in [0.1, 0.15) is 10.1 Å². The summed E-state index contributed by atoms with van der Waals surface area (Å²) in [5.41, 5.74) is -0.845. The van der Waals surface area contributed by atoms with E-state index in [4.69, 9.17) is 5.11 Å². The van der Waals surface area contributed by atoms with Gasteiger partial charge in [0.25, 0.3) is 0 Å². The Hall–Kier alpha value is -1.54. The third-order valence-corrected chi connectivity index (χ3v) is 2.96. The fourth-order valence-corrected chi connectivity index (χ4v) is 1.71. The molecule has 0 aliphatic heterocycles. The molecule has 0 atom stereocenters. The first-order valence-corrected chi connectivity index (χ1v) is 7.74. The Kier molecular flexibility index (Phi) is 13.2. The van der Waals surface area contributed by atoms with Crippen LogP contribution < -0.4 is 10.2 Å². The van der Waals surface area contributed by atoms with E-state index in [1.165, 1.54) is 0 Å². The third-order valence-electron chi connectivity index (χ3n) is 2.13. The Labute approximate surface area is 159 Å². The van der Waals surface area contributed by atoms with Crippen molar-refractivity contribution in [2.24, 2.45) is 0 Å². The molecule has 0 aromatic heterocycles. The van der Waals surface area contributed by atoms with E-state index in [1.807, 2.05) is 36.4 Å². The van der Waals surface area contributed by atoms with Crippen LogP contribution in [0, 0.1) is 0 Å². The summed E-state index contributed by atoms with van der Waals surface area (Å²) < 4.78 is 31.3. The molecule has 0 aliphatic carbocycles. The molecule has 0 heterocycles. The first kappa shape index (κ1) is 24.7. The molecule has 0 aliphatic rings. The minimum Gasteiger partial charge on any atom is -0.872 e. The Morgan fingerprint density at radius 2 is 1.46 bits per heavy atom. The van der Waals surface area contributed by atoms with Crippen LogP contribution in [-0.4, -0.2) is 56.9 Å². The third kappa shape index (κ3) is 10.3. The van der Waals surface area contributed by atoms with E-state index in [1.54, 1.807) is 6.92 Å². The number of aromatic carboxylic acids is 1. The Morgan fingerprint density at radius 3 is 1.75 bits per heavy atom. The average molecular weight is 548 g/mol. The van der Waals surface area contributed by atoms with Crippen molar-refractivity contribution >= 4 is 42.3 Å². The van der Waals surface area contributed by atoms with Crippen LogP contribution in [0.15, 0.2) is 59.5 Å². The molecule has 0 spiro atoms. The largest absolute Gasteiger partial charge is 3.00 e. The number of benzene rings is 2. The second-order valence-corrected chi connectivity index (χ2v) is 5.25. The molecule has 0 fully saturated rings. The smallest absolute Gasteiger partial charge is 0.872 e. The van der Waals surface area contributed by atoms with Crippen LogP contribution in [-0.2, 0) is 10.1 Å². The summed E-state index contributed by atoms with van der Waals surface area (Å²) >= 11 is 0. The van der Waals surface area contributed by atoms with E-state index in [2.05, 4.69) is 0 Å². The zero-order valence-corrected chi connectivity index (χ0v) is 16.9. The predicted octanol–water partition coefficient (Wildman–Crippen LogP) is -0.668. The second kappa shape index (κ2) is 12.8. The number of carbonyl (C=O) groups excluding carboxylic acids is 1. The topological polar surface area (TPSA) is 141 Å². The van der Waals surface area contributed by atoms with Gasteiger partial charge in [-0.3, -0.25) is 0 Å². The van der Waals surface area contributed by atoms with Gasteiger partial charge in [-0.2, -0.15) is 0 Å². The Morgan fingerprint density at radius 1 is 1.08 bits per heavy atom. The van der Waals surface area contributed by atoms with Crippen molar-refractivity contribution in [3.05, 3.63) is 60.2 Å². The van der Waals surface area contributed by atoms with E-state index in [9.17, 15) is 28.0 Å². The van der Waals surface area contributed by atoms with Crippen molar-refractivity contribution in [2.75, 3.05) is 6.61 Å². The number of carboxylic acid groups (broad SMARTS) is 1. The first-order valence-electron chi connectivity index (χ1n) is 6.33. The molecule has 2 rings (SSSR count). The number of hydrogen-bond donors (Lipinski definition) is 1. The second-order valence-electron chi connectivity index (χ2n) is 3.87. The van der Waals surface area contributed by atoms with E-state index < -0.39 is 32.3 Å². The monoisotopic (exact) mass is 548 g/mol. The van der Waals surface area contributed by atoms with E-state index in [0.717, 1.165) is 6.07 Å². The van der Waals surface area contributed by atoms with Gasteiger partial charge < -0.3 is 24.7 Å². The van der Waals surface area contributed by atoms with Gasteiger partial charge in [-0.05, 0) is 24.6 Å². The number of carbonyl (C=O) groups is 1. The normalized spacial score (nSPS) is 9.29. The quantitative estimate of drug-likeness (QED) is 0.388. The van der Waals surface area contributed by atoms with Crippen LogP contribution in [0.4, 0.5) is 0 Å². The molecular weight excluding hydrogens is 533 g/mol. The van der Waals surface area contributed by atoms with Gasteiger partial charge in [-0.15, -0.1) is 0 Å². The molecule has 24 heavy (non-hydrogen) atoms. The maximum atomic E-state index is 10.8. The minimum atomic E-state index is -4.76. The number of rotatable bonds is 2. The van der Waals surface area contributed by atoms with Crippen LogP contribution in [0.3, 0.4) is 0 Å². The number of hydrogen-bond acceptors (Lipinski definition) is 7. The summed E-state index contributed by atoms with van der Waals surface area (Å²) in [7, 11) is -4.76. The minimum absolute atomic E-state index is 0. The number of aliphatic hydroxyl groups is 1. The molecule has 2 aromatic rings. The van der Waals surface area contributed by atoms with Gasteiger partial charge in [0.15, 0.2) is 0 Å². The van der Waals surface area contributed by atoms with Crippen molar-refractivity contribution in [3.8, 4) is 5.75 Å². The maximum Gasteiger partial charge on any atom is 3.00 e. The van der Waals surface area contributed by atoms with Crippen molar-refractivity contribution in [1.82, 2.24) is 0 Å². The van der Waals surface area contributed by atoms with Crippen LogP contribution >= 0.6 is 0 Å². The van der Waals surface area contributed by atoms with E-state index >= 15 is 0 Å². The van der Waals surface area contributed by atoms with Crippen LogP contribution in [0.5, 0.6) is 5.75 Å². The zero-order chi connectivity index (χ0) is 17.9. The zero-order valence-electron chi connectivity index (χ0n) is 12.7. The van der Waals surface area contributed by atoms with Crippen molar-refractivity contribution in [3.63, 3.8) is 0 Å². The van der Waals surface area contributed by atoms with Crippen LogP contribution in [0.1, 0.15) is 17.3 Å². The molecule has 0 saturated carbocycles. The van der Waals surface area contributed by atoms with Gasteiger partial charge in [0.05, 0.1) is 10.9 Å². The van der Waals surface area contributed by atoms with Crippen molar-refractivity contribution < 1.29 is 33.1 Å². The van der Waals surface area contributed by atoms with Crippen LogP contribution in [0.2, 0.25) is 0 Å². The molecule has 0 amide bonds. The average Bonchev–Trinajstić information content (AvgIpc) is 2.49. The molecule has 2 aromatic carbocycles. The fraction of sp³-hybridized carbons (Fsp3) is 0.133. The summed E-state index contributed by atoms with van der Waals surface area (Å²) in [6.45, 7) is 1.93. The molecule has 1 N–H and O–H groups in total. The van der Waals surface area contributed by atoms with Gasteiger partial charge in [-0.25, -0.2) is 8.42 Å². The molecule has 2 radical (unpaired) electrons. The van der Waals surface area contributed by atoms with Crippen molar-refractivity contribution in [1.29, 1.82) is 0 Å². The van der Waals surface area contributed by atoms with Gasteiger partial charge in [0.2, 0.25) is 0 Å². The molecule has 0 saturated heterocycles. The summed E-state index contributed by atoms with van der Waals surface area (Å²) in [5, 5.41) is 28.7. The maximum absolute atomic E-state index is 10.8. The molecule has 128 valence electrons. The fourth-order valence-electron chi connectivity index (χ4n) is 1.21. The van der Waals surface area contributed by atoms with Gasteiger partial charge in [0, 0.05) is 6.61 Å². The predicted molar refractivity (Wildman–Crippen MR) is 83.1 cm³/mol. The van der Waals surface area contributed by atoms with Crippen molar-refractivity contribution in [2.45, 2.75) is 11.8 Å². The Balaban J connectivity index is 0. The summed E-state index contributed by atoms with van der Waals surface area (Å²) in [4.78, 5) is 9.53. The van der Waals surface area contributed by atoms with E-state index in [-0.39, 0.29) is 32.8 Å². The first-order chi connectivity index (χ1) is 10.7. The summed E-state index contributed by atoms with van der Waals surface area (Å²) in [5.74, 6) is -2.72. The number of carboxylic acids is 1. The van der Waals surface area contributed by atoms with E-state index in [0.29, 0.717) is 12.1 Å². The van der Waals surface area contributed by atoms with Crippen LogP contribution in [0.25, 0.3) is 0 Å². The molecule has 0 unspecified atom stereocenters. The standard InChI is InChI=1S/C7H6O6S.C6H6.C2H6O.Bi/c8-6-2-1-4(14(11,12)13)3-5(6)7(9)10;1-2-4-6-5-3-1;1-2-3;/h1-3,8H,(H,9,10)(H,11,12,13);1-6H;3H,2H2,1H3;/q;;;+3/p-3. The summed E-state index contributed by atoms with van der Waals surface area (Å²) in [6.07, 6.45) is 0.